The molecule has 2 nitrogen and oxygen atoms in total. The highest BCUT2D eigenvalue weighted by Gasteiger charge is 2.17. The number of thiophene rings is 1. The van der Waals surface area contributed by atoms with E-state index in [-0.39, 0.29) is 0 Å². The lowest BCUT2D eigenvalue weighted by Gasteiger charge is -2.23. The number of nitrogens with one attached hydrogen (secondary N) is 1. The van der Waals surface area contributed by atoms with E-state index in [0.29, 0.717) is 11.5 Å². The van der Waals surface area contributed by atoms with E-state index in [0.717, 1.165) is 12.3 Å². The summed E-state index contributed by atoms with van der Waals surface area (Å²) in [4.78, 5) is 1.38. The average Bonchev–Trinajstić information content (AvgIpc) is 2.71. The van der Waals surface area contributed by atoms with Crippen molar-refractivity contribution in [3.8, 4) is 5.75 Å². The SMILES string of the molecule is CCNC(CCC(C)(C)C)c1cc(OC)cs1. The second-order valence-corrected chi connectivity index (χ2v) is 6.54. The van der Waals surface area contributed by atoms with Gasteiger partial charge in [-0.1, -0.05) is 27.7 Å². The lowest BCUT2D eigenvalue weighted by molar-refractivity contribution is 0.335. The Balaban J connectivity index is 2.64. The number of methoxy groups -OCH3 is 1. The van der Waals surface area contributed by atoms with Gasteiger partial charge in [0.2, 0.25) is 0 Å². The molecule has 0 fully saturated rings. The van der Waals surface area contributed by atoms with Crippen LogP contribution >= 0.6 is 11.3 Å². The maximum absolute atomic E-state index is 5.25. The van der Waals surface area contributed by atoms with Crippen LogP contribution in [0.25, 0.3) is 0 Å². The average molecular weight is 255 g/mol. The third-order valence-electron chi connectivity index (χ3n) is 2.81. The molecule has 0 spiro atoms. The summed E-state index contributed by atoms with van der Waals surface area (Å²) in [6, 6.07) is 2.62. The van der Waals surface area contributed by atoms with Crippen LogP contribution in [0.5, 0.6) is 5.75 Å². The fourth-order valence-electron chi connectivity index (χ4n) is 1.79. The third kappa shape index (κ3) is 5.09. The van der Waals surface area contributed by atoms with Gasteiger partial charge < -0.3 is 10.1 Å². The molecule has 1 aromatic rings. The van der Waals surface area contributed by atoms with Crippen molar-refractivity contribution in [2.45, 2.75) is 46.6 Å². The Hall–Kier alpha value is -0.540. The first-order valence-corrected chi connectivity index (χ1v) is 7.20. The first-order chi connectivity index (χ1) is 7.96. The predicted octanol–water partition coefficient (Wildman–Crippen LogP) is 4.23. The molecular weight excluding hydrogens is 230 g/mol. The summed E-state index contributed by atoms with van der Waals surface area (Å²) >= 11 is 1.79. The van der Waals surface area contributed by atoms with Crippen LogP contribution in [0.3, 0.4) is 0 Å². The second-order valence-electron chi connectivity index (χ2n) is 5.60. The largest absolute Gasteiger partial charge is 0.496 e. The van der Waals surface area contributed by atoms with Gasteiger partial charge >= 0.3 is 0 Å². The van der Waals surface area contributed by atoms with E-state index in [4.69, 9.17) is 4.74 Å². The van der Waals surface area contributed by atoms with Crippen LogP contribution in [0.2, 0.25) is 0 Å². The van der Waals surface area contributed by atoms with E-state index in [1.165, 1.54) is 17.7 Å². The number of ether oxygens (including phenoxy) is 1. The van der Waals surface area contributed by atoms with Crippen molar-refractivity contribution in [2.75, 3.05) is 13.7 Å². The maximum Gasteiger partial charge on any atom is 0.129 e. The van der Waals surface area contributed by atoms with Crippen molar-refractivity contribution in [3.63, 3.8) is 0 Å². The monoisotopic (exact) mass is 255 g/mol. The smallest absolute Gasteiger partial charge is 0.129 e. The first kappa shape index (κ1) is 14.5. The molecular formula is C14H25NOS. The van der Waals surface area contributed by atoms with Gasteiger partial charge in [-0.2, -0.15) is 0 Å². The van der Waals surface area contributed by atoms with E-state index >= 15 is 0 Å². The van der Waals surface area contributed by atoms with Crippen molar-refractivity contribution in [2.24, 2.45) is 5.41 Å². The fraction of sp³-hybridized carbons (Fsp3) is 0.714. The molecule has 98 valence electrons. The van der Waals surface area contributed by atoms with Crippen LogP contribution in [0, 0.1) is 5.41 Å². The summed E-state index contributed by atoms with van der Waals surface area (Å²) in [5, 5.41) is 5.64. The lowest BCUT2D eigenvalue weighted by Crippen LogP contribution is -2.21. The zero-order chi connectivity index (χ0) is 12.9. The molecule has 17 heavy (non-hydrogen) atoms. The number of rotatable bonds is 6. The summed E-state index contributed by atoms with van der Waals surface area (Å²) in [6.07, 6.45) is 2.41. The van der Waals surface area contributed by atoms with Gasteiger partial charge in [0.15, 0.2) is 0 Å². The molecule has 0 aliphatic carbocycles. The zero-order valence-electron chi connectivity index (χ0n) is 11.7. The van der Waals surface area contributed by atoms with E-state index in [2.05, 4.69) is 44.5 Å². The van der Waals surface area contributed by atoms with E-state index < -0.39 is 0 Å². The van der Waals surface area contributed by atoms with Crippen LogP contribution in [0.4, 0.5) is 0 Å². The maximum atomic E-state index is 5.25. The standard InChI is InChI=1S/C14H25NOS/c1-6-15-12(7-8-14(2,3)4)13-9-11(16-5)10-17-13/h9-10,12,15H,6-8H2,1-5H3. The van der Waals surface area contributed by atoms with Crippen molar-refractivity contribution >= 4 is 11.3 Å². The highest BCUT2D eigenvalue weighted by Crippen LogP contribution is 2.32. The molecule has 1 aromatic heterocycles. The fourth-order valence-corrected chi connectivity index (χ4v) is 2.76. The third-order valence-corrected chi connectivity index (χ3v) is 3.83. The summed E-state index contributed by atoms with van der Waals surface area (Å²) in [7, 11) is 1.73. The van der Waals surface area contributed by atoms with Crippen molar-refractivity contribution < 1.29 is 4.74 Å². The molecule has 1 N–H and O–H groups in total. The number of hydrogen-bond acceptors (Lipinski definition) is 3. The summed E-state index contributed by atoms with van der Waals surface area (Å²) in [6.45, 7) is 10.1. The van der Waals surface area contributed by atoms with Gasteiger partial charge in [-0.3, -0.25) is 0 Å². The van der Waals surface area contributed by atoms with E-state index in [1.807, 2.05) is 0 Å². The quantitative estimate of drug-likeness (QED) is 0.821. The van der Waals surface area contributed by atoms with Crippen LogP contribution in [-0.2, 0) is 0 Å². The van der Waals surface area contributed by atoms with Crippen molar-refractivity contribution in [1.29, 1.82) is 0 Å². The van der Waals surface area contributed by atoms with Gasteiger partial charge in [0.25, 0.3) is 0 Å². The number of hydrogen-bond donors (Lipinski definition) is 1. The molecule has 0 aromatic carbocycles. The first-order valence-electron chi connectivity index (χ1n) is 6.32. The molecule has 0 bridgehead atoms. The molecule has 1 rings (SSSR count). The molecule has 0 saturated heterocycles. The summed E-state index contributed by atoms with van der Waals surface area (Å²) < 4.78 is 5.25. The summed E-state index contributed by atoms with van der Waals surface area (Å²) in [5.74, 6) is 0.976. The topological polar surface area (TPSA) is 21.3 Å². The second kappa shape index (κ2) is 6.41. The Morgan fingerprint density at radius 1 is 1.41 bits per heavy atom. The van der Waals surface area contributed by atoms with Gasteiger partial charge in [-0.15, -0.1) is 11.3 Å². The Morgan fingerprint density at radius 2 is 2.12 bits per heavy atom. The van der Waals surface area contributed by atoms with Gasteiger partial charge in [0.1, 0.15) is 5.75 Å². The summed E-state index contributed by atoms with van der Waals surface area (Å²) in [5.41, 5.74) is 0.398. The highest BCUT2D eigenvalue weighted by molar-refractivity contribution is 7.10. The van der Waals surface area contributed by atoms with Crippen molar-refractivity contribution in [1.82, 2.24) is 5.32 Å². The van der Waals surface area contributed by atoms with Crippen molar-refractivity contribution in [3.05, 3.63) is 16.3 Å². The molecule has 0 aliphatic rings. The van der Waals surface area contributed by atoms with Gasteiger partial charge in [-0.05, 0) is 30.9 Å². The van der Waals surface area contributed by atoms with E-state index in [1.54, 1.807) is 18.4 Å². The lowest BCUT2D eigenvalue weighted by atomic mass is 9.88. The molecule has 1 unspecified atom stereocenters. The zero-order valence-corrected chi connectivity index (χ0v) is 12.5. The molecule has 3 heteroatoms. The molecule has 1 atom stereocenters. The molecule has 0 aliphatic heterocycles. The molecule has 0 radical (unpaired) electrons. The minimum Gasteiger partial charge on any atom is -0.496 e. The minimum absolute atomic E-state index is 0.398. The Kier molecular flexibility index (Phi) is 5.47. The predicted molar refractivity (Wildman–Crippen MR) is 76.0 cm³/mol. The molecule has 1 heterocycles. The van der Waals surface area contributed by atoms with Crippen LogP contribution in [-0.4, -0.2) is 13.7 Å². The minimum atomic E-state index is 0.398. The van der Waals surface area contributed by atoms with Gasteiger partial charge in [0.05, 0.1) is 7.11 Å². The van der Waals surface area contributed by atoms with Crippen LogP contribution in [0.15, 0.2) is 11.4 Å². The Bertz CT molecular complexity index is 327. The van der Waals surface area contributed by atoms with Crippen LogP contribution in [0.1, 0.15) is 51.5 Å². The van der Waals surface area contributed by atoms with Gasteiger partial charge in [0, 0.05) is 16.3 Å². The van der Waals surface area contributed by atoms with E-state index in [9.17, 15) is 0 Å². The molecule has 0 amide bonds. The highest BCUT2D eigenvalue weighted by atomic mass is 32.1. The Labute approximate surface area is 109 Å². The Morgan fingerprint density at radius 3 is 2.59 bits per heavy atom. The van der Waals surface area contributed by atoms with Gasteiger partial charge in [-0.25, -0.2) is 0 Å². The molecule has 0 saturated carbocycles. The van der Waals surface area contributed by atoms with Crippen LogP contribution < -0.4 is 10.1 Å². The normalized spacial score (nSPS) is 13.7.